The number of hydrogen-bond acceptors (Lipinski definition) is 6. The summed E-state index contributed by atoms with van der Waals surface area (Å²) in [6.45, 7) is 2.23. The molecule has 0 aromatic carbocycles. The molecule has 2 aromatic rings. The topological polar surface area (TPSA) is 121 Å². The molecule has 0 atom stereocenters. The van der Waals surface area contributed by atoms with Crippen molar-refractivity contribution in [3.8, 4) is 0 Å². The molecule has 0 aliphatic rings. The molecule has 0 aliphatic carbocycles. The van der Waals surface area contributed by atoms with Crippen molar-refractivity contribution >= 4 is 15.8 Å². The molecule has 0 bridgehead atoms. The maximum atomic E-state index is 12.1. The fourth-order valence-corrected chi connectivity index (χ4v) is 3.01. The van der Waals surface area contributed by atoms with Gasteiger partial charge in [-0.3, -0.25) is 9.36 Å². The summed E-state index contributed by atoms with van der Waals surface area (Å²) in [5.74, 6) is -0.00624. The molecule has 9 nitrogen and oxygen atoms in total. The zero-order valence-corrected chi connectivity index (χ0v) is 11.4. The zero-order valence-electron chi connectivity index (χ0n) is 10.6. The van der Waals surface area contributed by atoms with Gasteiger partial charge in [0.25, 0.3) is 0 Å². The number of sulfonamides is 1. The van der Waals surface area contributed by atoms with E-state index in [2.05, 4.69) is 20.1 Å². The molecule has 10 heteroatoms. The molecular formula is C9H15N7O2S. The van der Waals surface area contributed by atoms with Gasteiger partial charge in [0, 0.05) is 19.8 Å². The van der Waals surface area contributed by atoms with Crippen LogP contribution in [0.1, 0.15) is 5.69 Å². The van der Waals surface area contributed by atoms with Crippen molar-refractivity contribution in [3.05, 3.63) is 18.1 Å². The van der Waals surface area contributed by atoms with Crippen LogP contribution < -0.4 is 10.5 Å². The average Bonchev–Trinajstić information content (AvgIpc) is 2.88. The van der Waals surface area contributed by atoms with Crippen LogP contribution in [0.5, 0.6) is 0 Å². The molecule has 0 fully saturated rings. The summed E-state index contributed by atoms with van der Waals surface area (Å²) >= 11 is 0. The van der Waals surface area contributed by atoms with Gasteiger partial charge < -0.3 is 5.73 Å². The first kappa shape index (κ1) is 13.5. The highest BCUT2D eigenvalue weighted by atomic mass is 32.2. The van der Waals surface area contributed by atoms with E-state index in [1.165, 1.54) is 15.6 Å². The van der Waals surface area contributed by atoms with Crippen molar-refractivity contribution in [2.75, 3.05) is 12.3 Å². The van der Waals surface area contributed by atoms with Gasteiger partial charge in [-0.05, 0) is 6.92 Å². The van der Waals surface area contributed by atoms with Crippen LogP contribution in [-0.4, -0.2) is 39.7 Å². The fraction of sp³-hybridized carbons (Fsp3) is 0.444. The highest BCUT2D eigenvalue weighted by Crippen LogP contribution is 2.20. The van der Waals surface area contributed by atoms with Gasteiger partial charge in [-0.25, -0.2) is 13.1 Å². The number of rotatable bonds is 5. The monoisotopic (exact) mass is 285 g/mol. The Hall–Kier alpha value is -1.94. The normalized spacial score (nSPS) is 11.9. The first-order chi connectivity index (χ1) is 8.92. The molecule has 3 N–H and O–H groups in total. The number of nitrogens with one attached hydrogen (secondary N) is 1. The Morgan fingerprint density at radius 2 is 2.21 bits per heavy atom. The second-order valence-corrected chi connectivity index (χ2v) is 5.69. The Balaban J connectivity index is 2.10. The van der Waals surface area contributed by atoms with Crippen LogP contribution >= 0.6 is 0 Å². The zero-order chi connectivity index (χ0) is 14.0. The number of nitrogens with two attached hydrogens (primary N) is 1. The summed E-state index contributed by atoms with van der Waals surface area (Å²) in [5.41, 5.74) is 6.11. The second-order valence-electron chi connectivity index (χ2n) is 3.99. The van der Waals surface area contributed by atoms with Gasteiger partial charge in [0.15, 0.2) is 5.82 Å². The van der Waals surface area contributed by atoms with E-state index in [1.807, 2.05) is 0 Å². The predicted octanol–water partition coefficient (Wildman–Crippen LogP) is -1.12. The molecule has 104 valence electrons. The number of hydrogen-bond donors (Lipinski definition) is 2. The minimum atomic E-state index is -3.67. The molecule has 2 aromatic heterocycles. The van der Waals surface area contributed by atoms with Crippen LogP contribution in [0, 0.1) is 6.92 Å². The number of nitrogens with zero attached hydrogens (tertiary/aromatic N) is 5. The van der Waals surface area contributed by atoms with Crippen LogP contribution in [0.15, 0.2) is 17.3 Å². The highest BCUT2D eigenvalue weighted by molar-refractivity contribution is 7.89. The minimum Gasteiger partial charge on any atom is -0.381 e. The third-order valence-electron chi connectivity index (χ3n) is 2.68. The lowest BCUT2D eigenvalue weighted by Gasteiger charge is -2.06. The van der Waals surface area contributed by atoms with Crippen molar-refractivity contribution < 1.29 is 8.42 Å². The van der Waals surface area contributed by atoms with Gasteiger partial charge in [0.1, 0.15) is 4.90 Å². The SMILES string of the molecule is Cc1c(S(=O)(=O)NCCn2ccnn2)c(N)nn1C. The molecule has 2 rings (SSSR count). The van der Waals surface area contributed by atoms with E-state index in [9.17, 15) is 8.42 Å². The van der Waals surface area contributed by atoms with Crippen LogP contribution in [0.2, 0.25) is 0 Å². The molecule has 0 saturated carbocycles. The molecule has 0 amide bonds. The minimum absolute atomic E-state index is 0.00624. The van der Waals surface area contributed by atoms with Crippen LogP contribution in [0.3, 0.4) is 0 Å². The van der Waals surface area contributed by atoms with E-state index >= 15 is 0 Å². The Labute approximate surface area is 110 Å². The largest absolute Gasteiger partial charge is 0.381 e. The van der Waals surface area contributed by atoms with Crippen LogP contribution in [0.25, 0.3) is 0 Å². The Morgan fingerprint density at radius 3 is 2.74 bits per heavy atom. The van der Waals surface area contributed by atoms with Crippen molar-refractivity contribution in [1.82, 2.24) is 29.5 Å². The maximum Gasteiger partial charge on any atom is 0.246 e. The van der Waals surface area contributed by atoms with Crippen molar-refractivity contribution in [2.45, 2.75) is 18.4 Å². The molecule has 19 heavy (non-hydrogen) atoms. The Kier molecular flexibility index (Phi) is 3.53. The van der Waals surface area contributed by atoms with E-state index in [4.69, 9.17) is 5.73 Å². The van der Waals surface area contributed by atoms with Crippen LogP contribution in [0.4, 0.5) is 5.82 Å². The predicted molar refractivity (Wildman–Crippen MR) is 67.6 cm³/mol. The van der Waals surface area contributed by atoms with E-state index in [1.54, 1.807) is 20.2 Å². The summed E-state index contributed by atoms with van der Waals surface area (Å²) in [7, 11) is -2.03. The Morgan fingerprint density at radius 1 is 1.47 bits per heavy atom. The van der Waals surface area contributed by atoms with Crippen LogP contribution in [-0.2, 0) is 23.6 Å². The smallest absolute Gasteiger partial charge is 0.246 e. The summed E-state index contributed by atoms with van der Waals surface area (Å²) in [6.07, 6.45) is 3.18. The van der Waals surface area contributed by atoms with Gasteiger partial charge in [-0.2, -0.15) is 5.10 Å². The number of nitrogen functional groups attached to an aromatic ring is 1. The van der Waals surface area contributed by atoms with Gasteiger partial charge in [0.2, 0.25) is 10.0 Å². The van der Waals surface area contributed by atoms with Crippen molar-refractivity contribution in [3.63, 3.8) is 0 Å². The number of aryl methyl sites for hydroxylation is 1. The molecule has 0 saturated heterocycles. The van der Waals surface area contributed by atoms with E-state index in [0.717, 1.165) is 0 Å². The molecule has 0 radical (unpaired) electrons. The molecule has 0 aliphatic heterocycles. The van der Waals surface area contributed by atoms with Gasteiger partial charge in [0.05, 0.1) is 18.4 Å². The summed E-state index contributed by atoms with van der Waals surface area (Å²) in [5, 5.41) is 11.3. The molecule has 2 heterocycles. The summed E-state index contributed by atoms with van der Waals surface area (Å²) < 4.78 is 29.7. The first-order valence-electron chi connectivity index (χ1n) is 5.54. The fourth-order valence-electron chi connectivity index (χ4n) is 1.67. The lowest BCUT2D eigenvalue weighted by molar-refractivity contribution is 0.552. The third-order valence-corrected chi connectivity index (χ3v) is 4.30. The van der Waals surface area contributed by atoms with Crippen molar-refractivity contribution in [2.24, 2.45) is 7.05 Å². The summed E-state index contributed by atoms with van der Waals surface area (Å²) in [4.78, 5) is 0.0218. The summed E-state index contributed by atoms with van der Waals surface area (Å²) in [6, 6.07) is 0. The van der Waals surface area contributed by atoms with Crippen molar-refractivity contribution in [1.29, 1.82) is 0 Å². The lowest BCUT2D eigenvalue weighted by Crippen LogP contribution is -2.28. The molecule has 0 unspecified atom stereocenters. The third kappa shape index (κ3) is 2.74. The average molecular weight is 285 g/mol. The van der Waals surface area contributed by atoms with E-state index < -0.39 is 10.0 Å². The van der Waals surface area contributed by atoms with E-state index in [0.29, 0.717) is 12.2 Å². The number of anilines is 1. The number of aromatic nitrogens is 5. The molecule has 0 spiro atoms. The standard InChI is InChI=1S/C9H15N7O2S/c1-7-8(9(10)13-15(7)2)19(17,18)12-4-6-16-5-3-11-14-16/h3,5,12H,4,6H2,1-2H3,(H2,10,13). The van der Waals surface area contributed by atoms with Gasteiger partial charge in [-0.1, -0.05) is 5.21 Å². The van der Waals surface area contributed by atoms with E-state index in [-0.39, 0.29) is 17.3 Å². The first-order valence-corrected chi connectivity index (χ1v) is 7.03. The second kappa shape index (κ2) is 4.97. The Bertz CT molecular complexity index is 659. The van der Waals surface area contributed by atoms with Gasteiger partial charge in [-0.15, -0.1) is 5.10 Å². The molecular weight excluding hydrogens is 270 g/mol. The van der Waals surface area contributed by atoms with Gasteiger partial charge >= 0.3 is 0 Å². The lowest BCUT2D eigenvalue weighted by atomic mass is 10.5. The quantitative estimate of drug-likeness (QED) is 0.718. The maximum absolute atomic E-state index is 12.1. The highest BCUT2D eigenvalue weighted by Gasteiger charge is 2.23.